The molecule has 0 N–H and O–H groups in total. The molecule has 0 bridgehead atoms. The number of hydrogen-bond acceptors (Lipinski definition) is 3. The van der Waals surface area contributed by atoms with Crippen LogP contribution in [-0.4, -0.2) is 11.5 Å². The molecule has 16 heavy (non-hydrogen) atoms. The van der Waals surface area contributed by atoms with Crippen LogP contribution in [0, 0.1) is 10.1 Å². The molecular formula is C12H17NO3. The van der Waals surface area contributed by atoms with E-state index in [9.17, 15) is 10.1 Å². The van der Waals surface area contributed by atoms with E-state index in [-0.39, 0.29) is 10.6 Å². The summed E-state index contributed by atoms with van der Waals surface area (Å²) in [4.78, 5) is 10.5. The molecule has 0 spiro atoms. The predicted molar refractivity (Wildman–Crippen MR) is 62.9 cm³/mol. The van der Waals surface area contributed by atoms with Gasteiger partial charge in [0.05, 0.1) is 11.5 Å². The second-order valence-electron chi connectivity index (χ2n) is 3.62. The average Bonchev–Trinajstić information content (AvgIpc) is 2.27. The van der Waals surface area contributed by atoms with Crippen molar-refractivity contribution in [1.29, 1.82) is 0 Å². The van der Waals surface area contributed by atoms with Crippen molar-refractivity contribution < 1.29 is 9.66 Å². The maximum absolute atomic E-state index is 10.9. The second-order valence-corrected chi connectivity index (χ2v) is 3.62. The summed E-state index contributed by atoms with van der Waals surface area (Å²) in [5.74, 6) is 0.441. The smallest absolute Gasteiger partial charge is 0.311 e. The molecule has 0 fully saturated rings. The third kappa shape index (κ3) is 2.95. The van der Waals surface area contributed by atoms with E-state index in [0.717, 1.165) is 24.8 Å². The van der Waals surface area contributed by atoms with Crippen molar-refractivity contribution in [2.45, 2.75) is 33.1 Å². The van der Waals surface area contributed by atoms with Crippen molar-refractivity contribution in [2.24, 2.45) is 0 Å². The summed E-state index contributed by atoms with van der Waals surface area (Å²) in [5, 5.41) is 10.9. The van der Waals surface area contributed by atoms with Crippen LogP contribution >= 0.6 is 0 Å². The molecule has 0 heterocycles. The van der Waals surface area contributed by atoms with Gasteiger partial charge in [0.25, 0.3) is 0 Å². The van der Waals surface area contributed by atoms with Crippen molar-refractivity contribution in [1.82, 2.24) is 0 Å². The minimum Gasteiger partial charge on any atom is -0.487 e. The highest BCUT2D eigenvalue weighted by Gasteiger charge is 2.18. The van der Waals surface area contributed by atoms with E-state index < -0.39 is 0 Å². The van der Waals surface area contributed by atoms with Crippen LogP contribution in [0.1, 0.15) is 32.3 Å². The highest BCUT2D eigenvalue weighted by atomic mass is 16.6. The Morgan fingerprint density at radius 1 is 1.31 bits per heavy atom. The molecule has 0 aliphatic carbocycles. The fraction of sp³-hybridized carbons (Fsp3) is 0.500. The van der Waals surface area contributed by atoms with Gasteiger partial charge in [-0.25, -0.2) is 0 Å². The maximum atomic E-state index is 10.9. The third-order valence-corrected chi connectivity index (χ3v) is 2.24. The van der Waals surface area contributed by atoms with E-state index in [1.807, 2.05) is 19.9 Å². The van der Waals surface area contributed by atoms with Gasteiger partial charge in [0.2, 0.25) is 0 Å². The summed E-state index contributed by atoms with van der Waals surface area (Å²) in [6, 6.07) is 5.09. The summed E-state index contributed by atoms with van der Waals surface area (Å²) in [6.07, 6.45) is 2.60. The summed E-state index contributed by atoms with van der Waals surface area (Å²) in [7, 11) is 0. The molecule has 88 valence electrons. The zero-order valence-corrected chi connectivity index (χ0v) is 9.73. The quantitative estimate of drug-likeness (QED) is 0.549. The molecule has 1 aromatic carbocycles. The number of nitrogens with zero attached hydrogens (tertiary/aromatic N) is 1. The van der Waals surface area contributed by atoms with Crippen molar-refractivity contribution in [3.63, 3.8) is 0 Å². The number of nitro groups is 1. The number of nitro benzene ring substituents is 1. The maximum Gasteiger partial charge on any atom is 0.311 e. The van der Waals surface area contributed by atoms with Gasteiger partial charge in [-0.15, -0.1) is 0 Å². The van der Waals surface area contributed by atoms with Gasteiger partial charge in [0, 0.05) is 11.6 Å². The Bertz CT molecular complexity index is 363. The van der Waals surface area contributed by atoms with Gasteiger partial charge in [-0.2, -0.15) is 0 Å². The van der Waals surface area contributed by atoms with Crippen LogP contribution in [0.5, 0.6) is 5.75 Å². The van der Waals surface area contributed by atoms with Crippen molar-refractivity contribution in [2.75, 3.05) is 6.61 Å². The molecule has 0 unspecified atom stereocenters. The Balaban J connectivity index is 3.07. The normalized spacial score (nSPS) is 10.1. The van der Waals surface area contributed by atoms with Gasteiger partial charge in [-0.1, -0.05) is 32.4 Å². The molecule has 1 aromatic rings. The summed E-state index contributed by atoms with van der Waals surface area (Å²) in [5.41, 5.74) is 0.990. The fourth-order valence-electron chi connectivity index (χ4n) is 1.55. The highest BCUT2D eigenvalue weighted by molar-refractivity contribution is 5.51. The van der Waals surface area contributed by atoms with Gasteiger partial charge < -0.3 is 4.74 Å². The van der Waals surface area contributed by atoms with Gasteiger partial charge in [0.1, 0.15) is 0 Å². The number of hydrogen-bond donors (Lipinski definition) is 0. The van der Waals surface area contributed by atoms with E-state index in [1.54, 1.807) is 6.07 Å². The highest BCUT2D eigenvalue weighted by Crippen LogP contribution is 2.31. The van der Waals surface area contributed by atoms with Crippen LogP contribution in [0.15, 0.2) is 18.2 Å². The topological polar surface area (TPSA) is 52.4 Å². The van der Waals surface area contributed by atoms with Gasteiger partial charge >= 0.3 is 5.69 Å². The monoisotopic (exact) mass is 223 g/mol. The molecule has 4 nitrogen and oxygen atoms in total. The van der Waals surface area contributed by atoms with Gasteiger partial charge in [-0.3, -0.25) is 10.1 Å². The molecule has 0 aliphatic rings. The molecular weight excluding hydrogens is 206 g/mol. The molecule has 0 radical (unpaired) electrons. The minimum atomic E-state index is -0.385. The molecule has 0 saturated heterocycles. The molecule has 0 aromatic heterocycles. The molecule has 0 aliphatic heterocycles. The molecule has 0 saturated carbocycles. The Morgan fingerprint density at radius 2 is 2.06 bits per heavy atom. The van der Waals surface area contributed by atoms with Crippen LogP contribution < -0.4 is 4.74 Å². The summed E-state index contributed by atoms with van der Waals surface area (Å²) >= 11 is 0. The number of ether oxygens (including phenoxy) is 1. The zero-order valence-electron chi connectivity index (χ0n) is 9.73. The van der Waals surface area contributed by atoms with Gasteiger partial charge in [-0.05, 0) is 12.8 Å². The molecule has 1 rings (SSSR count). The first-order valence-electron chi connectivity index (χ1n) is 5.59. The predicted octanol–water partition coefficient (Wildman–Crippen LogP) is 3.34. The van der Waals surface area contributed by atoms with Crippen LogP contribution in [0.25, 0.3) is 0 Å². The first-order valence-corrected chi connectivity index (χ1v) is 5.59. The molecule has 0 atom stereocenters. The van der Waals surface area contributed by atoms with Crippen LogP contribution in [0.2, 0.25) is 0 Å². The number of aryl methyl sites for hydroxylation is 1. The van der Waals surface area contributed by atoms with Gasteiger partial charge in [0.15, 0.2) is 5.75 Å². The Hall–Kier alpha value is -1.58. The summed E-state index contributed by atoms with van der Waals surface area (Å²) in [6.45, 7) is 4.54. The SMILES string of the molecule is CCCOc1c(CCC)cccc1[N+](=O)[O-]. The van der Waals surface area contributed by atoms with Crippen LogP contribution in [0.3, 0.4) is 0 Å². The first-order chi connectivity index (χ1) is 7.70. The van der Waals surface area contributed by atoms with E-state index in [4.69, 9.17) is 4.74 Å². The van der Waals surface area contributed by atoms with Crippen molar-refractivity contribution in [3.05, 3.63) is 33.9 Å². The van der Waals surface area contributed by atoms with Crippen LogP contribution in [0.4, 0.5) is 5.69 Å². The van der Waals surface area contributed by atoms with E-state index in [1.165, 1.54) is 6.07 Å². The average molecular weight is 223 g/mol. The first kappa shape index (κ1) is 12.5. The Morgan fingerprint density at radius 3 is 2.62 bits per heavy atom. The van der Waals surface area contributed by atoms with Crippen LogP contribution in [-0.2, 0) is 6.42 Å². The van der Waals surface area contributed by atoms with Crippen molar-refractivity contribution in [3.8, 4) is 5.75 Å². The van der Waals surface area contributed by atoms with E-state index in [2.05, 4.69) is 0 Å². The lowest BCUT2D eigenvalue weighted by molar-refractivity contribution is -0.385. The lowest BCUT2D eigenvalue weighted by Crippen LogP contribution is -2.02. The third-order valence-electron chi connectivity index (χ3n) is 2.24. The minimum absolute atomic E-state index is 0.0689. The second kappa shape index (κ2) is 6.10. The van der Waals surface area contributed by atoms with E-state index >= 15 is 0 Å². The largest absolute Gasteiger partial charge is 0.487 e. The Kier molecular flexibility index (Phi) is 4.76. The lowest BCUT2D eigenvalue weighted by Gasteiger charge is -2.10. The summed E-state index contributed by atoms with van der Waals surface area (Å²) < 4.78 is 5.49. The molecule has 4 heteroatoms. The Labute approximate surface area is 95.4 Å². The fourth-order valence-corrected chi connectivity index (χ4v) is 1.55. The standard InChI is InChI=1S/C12H17NO3/c1-3-6-10-7-5-8-11(13(14)15)12(10)16-9-4-2/h5,7-8H,3-4,6,9H2,1-2H3. The number of benzene rings is 1. The lowest BCUT2D eigenvalue weighted by atomic mass is 10.1. The zero-order chi connectivity index (χ0) is 12.0. The van der Waals surface area contributed by atoms with Crippen molar-refractivity contribution >= 4 is 5.69 Å². The number of para-hydroxylation sites is 1. The van der Waals surface area contributed by atoms with E-state index in [0.29, 0.717) is 12.4 Å². The molecule has 0 amide bonds. The number of rotatable bonds is 6.